The maximum Gasteiger partial charge on any atom is 0.274 e. The summed E-state index contributed by atoms with van der Waals surface area (Å²) >= 11 is 0. The van der Waals surface area contributed by atoms with E-state index in [1.165, 1.54) is 0 Å². The summed E-state index contributed by atoms with van der Waals surface area (Å²) in [5.74, 6) is 1.28. The van der Waals surface area contributed by atoms with Crippen molar-refractivity contribution >= 4 is 24.2 Å². The second kappa shape index (κ2) is 9.00. The summed E-state index contributed by atoms with van der Waals surface area (Å²) < 4.78 is 7.37. The zero-order chi connectivity index (χ0) is 19.7. The largest absolute Gasteiger partial charge is 0.466 e. The highest BCUT2D eigenvalue weighted by Gasteiger charge is 2.28. The fourth-order valence-electron chi connectivity index (χ4n) is 4.00. The van der Waals surface area contributed by atoms with Crippen LogP contribution in [0, 0.1) is 13.8 Å². The highest BCUT2D eigenvalue weighted by molar-refractivity contribution is 5.96. The van der Waals surface area contributed by atoms with Gasteiger partial charge < -0.3 is 19.5 Å². The molecule has 2 aliphatic heterocycles. The van der Waals surface area contributed by atoms with Crippen molar-refractivity contribution in [2.75, 3.05) is 39.3 Å². The lowest BCUT2D eigenvalue weighted by Gasteiger charge is -2.34. The van der Waals surface area contributed by atoms with Gasteiger partial charge in [0, 0.05) is 38.9 Å². The molecule has 1 N–H and O–H groups in total. The van der Waals surface area contributed by atoms with Crippen molar-refractivity contribution < 1.29 is 14.0 Å². The lowest BCUT2D eigenvalue weighted by atomic mass is 10.1. The Balaban J connectivity index is 0.00000240. The van der Waals surface area contributed by atoms with Crippen LogP contribution in [0.25, 0.3) is 0 Å². The number of carbonyl (C=O) groups excluding carboxylic acids is 2. The minimum absolute atomic E-state index is 0. The van der Waals surface area contributed by atoms with Gasteiger partial charge in [-0.2, -0.15) is 5.10 Å². The number of rotatable bonds is 3. The first-order valence-corrected chi connectivity index (χ1v) is 9.94. The number of hydrogen-bond donors (Lipinski definition) is 1. The molecule has 9 heteroatoms. The predicted molar refractivity (Wildman–Crippen MR) is 111 cm³/mol. The molecule has 0 bridgehead atoms. The normalized spacial score (nSPS) is 19.7. The average Bonchev–Trinajstić information content (AvgIpc) is 3.34. The molecule has 4 rings (SSSR count). The molecule has 2 aromatic heterocycles. The zero-order valence-corrected chi connectivity index (χ0v) is 17.7. The van der Waals surface area contributed by atoms with Gasteiger partial charge in [-0.05, 0) is 45.4 Å². The van der Waals surface area contributed by atoms with Gasteiger partial charge in [0.15, 0.2) is 0 Å². The van der Waals surface area contributed by atoms with Crippen molar-refractivity contribution in [1.29, 1.82) is 0 Å². The molecule has 0 radical (unpaired) electrons. The molecule has 29 heavy (non-hydrogen) atoms. The molecule has 0 saturated carbocycles. The van der Waals surface area contributed by atoms with Crippen LogP contribution < -0.4 is 5.32 Å². The number of amides is 2. The topological polar surface area (TPSA) is 83.6 Å². The van der Waals surface area contributed by atoms with Crippen LogP contribution in [0.1, 0.15) is 51.3 Å². The number of piperidine rings is 1. The molecule has 0 aliphatic carbocycles. The minimum atomic E-state index is -0.0649. The third kappa shape index (κ3) is 4.48. The molecule has 2 aliphatic rings. The number of piperazine rings is 1. The molecule has 2 saturated heterocycles. The van der Waals surface area contributed by atoms with Crippen molar-refractivity contribution in [3.63, 3.8) is 0 Å². The van der Waals surface area contributed by atoms with Gasteiger partial charge in [0.2, 0.25) is 0 Å². The molecule has 4 heterocycles. The SMILES string of the molecule is Cc1cc(C(=O)N2CCN(C(=O)c3ccn(C4CCCNC4)n3)CC2)c(C)o1.Cl. The maximum atomic E-state index is 12.8. The quantitative estimate of drug-likeness (QED) is 0.819. The molecular weight excluding hydrogens is 394 g/mol. The second-order valence-electron chi connectivity index (χ2n) is 7.59. The number of carbonyl (C=O) groups is 2. The Labute approximate surface area is 176 Å². The van der Waals surface area contributed by atoms with Gasteiger partial charge in [0.25, 0.3) is 11.8 Å². The van der Waals surface area contributed by atoms with Gasteiger partial charge in [-0.15, -0.1) is 12.4 Å². The third-order valence-corrected chi connectivity index (χ3v) is 5.60. The lowest BCUT2D eigenvalue weighted by Crippen LogP contribution is -2.50. The first kappa shape index (κ1) is 21.4. The van der Waals surface area contributed by atoms with E-state index in [4.69, 9.17) is 4.42 Å². The monoisotopic (exact) mass is 421 g/mol. The number of nitrogens with one attached hydrogen (secondary N) is 1. The van der Waals surface area contributed by atoms with Crippen LogP contribution >= 0.6 is 12.4 Å². The predicted octanol–water partition coefficient (Wildman–Crippen LogP) is 2.04. The van der Waals surface area contributed by atoms with Crippen LogP contribution in [0.4, 0.5) is 0 Å². The van der Waals surface area contributed by atoms with E-state index >= 15 is 0 Å². The lowest BCUT2D eigenvalue weighted by molar-refractivity contribution is 0.0530. The van der Waals surface area contributed by atoms with Gasteiger partial charge in [-0.1, -0.05) is 0 Å². The summed E-state index contributed by atoms with van der Waals surface area (Å²) in [6, 6.07) is 3.89. The first-order valence-electron chi connectivity index (χ1n) is 9.94. The van der Waals surface area contributed by atoms with E-state index in [0.717, 1.165) is 31.7 Å². The van der Waals surface area contributed by atoms with E-state index in [2.05, 4.69) is 10.4 Å². The summed E-state index contributed by atoms with van der Waals surface area (Å²) in [4.78, 5) is 29.1. The average molecular weight is 422 g/mol. The molecule has 1 atom stereocenters. The third-order valence-electron chi connectivity index (χ3n) is 5.60. The second-order valence-corrected chi connectivity index (χ2v) is 7.59. The van der Waals surface area contributed by atoms with E-state index in [9.17, 15) is 9.59 Å². The van der Waals surface area contributed by atoms with Crippen LogP contribution in [0.15, 0.2) is 22.7 Å². The first-order chi connectivity index (χ1) is 13.5. The Morgan fingerprint density at radius 3 is 2.41 bits per heavy atom. The summed E-state index contributed by atoms with van der Waals surface area (Å²) in [6.07, 6.45) is 4.10. The number of nitrogens with zero attached hydrogens (tertiary/aromatic N) is 4. The number of aryl methyl sites for hydroxylation is 2. The summed E-state index contributed by atoms with van der Waals surface area (Å²) in [5.41, 5.74) is 1.09. The molecule has 2 aromatic rings. The van der Waals surface area contributed by atoms with Crippen molar-refractivity contribution in [1.82, 2.24) is 24.9 Å². The van der Waals surface area contributed by atoms with E-state index in [-0.39, 0.29) is 24.2 Å². The van der Waals surface area contributed by atoms with Crippen molar-refractivity contribution in [3.05, 3.63) is 41.1 Å². The van der Waals surface area contributed by atoms with Gasteiger partial charge >= 0.3 is 0 Å². The van der Waals surface area contributed by atoms with E-state index in [0.29, 0.717) is 49.2 Å². The van der Waals surface area contributed by atoms with E-state index in [1.807, 2.05) is 17.8 Å². The fraction of sp³-hybridized carbons (Fsp3) is 0.550. The van der Waals surface area contributed by atoms with Crippen LogP contribution in [0.3, 0.4) is 0 Å². The van der Waals surface area contributed by atoms with Crippen molar-refractivity contribution in [3.8, 4) is 0 Å². The van der Waals surface area contributed by atoms with Crippen LogP contribution in [0.2, 0.25) is 0 Å². The highest BCUT2D eigenvalue weighted by Crippen LogP contribution is 2.19. The van der Waals surface area contributed by atoms with Gasteiger partial charge in [-0.3, -0.25) is 14.3 Å². The van der Waals surface area contributed by atoms with Gasteiger partial charge in [0.1, 0.15) is 17.2 Å². The molecule has 0 aromatic carbocycles. The Morgan fingerprint density at radius 2 is 1.83 bits per heavy atom. The maximum absolute atomic E-state index is 12.8. The van der Waals surface area contributed by atoms with Crippen LogP contribution in [-0.2, 0) is 0 Å². The fourth-order valence-corrected chi connectivity index (χ4v) is 4.00. The molecule has 0 spiro atoms. The molecule has 8 nitrogen and oxygen atoms in total. The Bertz CT molecular complexity index is 863. The number of halogens is 1. The summed E-state index contributed by atoms with van der Waals surface area (Å²) in [6.45, 7) is 7.63. The zero-order valence-electron chi connectivity index (χ0n) is 16.9. The molecule has 2 amide bonds. The molecule has 158 valence electrons. The van der Waals surface area contributed by atoms with Gasteiger partial charge in [-0.25, -0.2) is 0 Å². The molecular formula is C20H28ClN5O3. The van der Waals surface area contributed by atoms with Crippen LogP contribution in [0.5, 0.6) is 0 Å². The number of aromatic nitrogens is 2. The summed E-state index contributed by atoms with van der Waals surface area (Å²) in [5, 5.41) is 7.89. The minimum Gasteiger partial charge on any atom is -0.466 e. The van der Waals surface area contributed by atoms with Crippen LogP contribution in [-0.4, -0.2) is 70.7 Å². The van der Waals surface area contributed by atoms with Crippen molar-refractivity contribution in [2.45, 2.75) is 32.7 Å². The number of furan rings is 1. The van der Waals surface area contributed by atoms with E-state index in [1.54, 1.807) is 28.9 Å². The molecule has 1 unspecified atom stereocenters. The Hall–Kier alpha value is -2.32. The van der Waals surface area contributed by atoms with Crippen molar-refractivity contribution in [2.24, 2.45) is 0 Å². The smallest absolute Gasteiger partial charge is 0.274 e. The molecule has 2 fully saturated rings. The highest BCUT2D eigenvalue weighted by atomic mass is 35.5. The Morgan fingerprint density at radius 1 is 1.14 bits per heavy atom. The summed E-state index contributed by atoms with van der Waals surface area (Å²) in [7, 11) is 0. The van der Waals surface area contributed by atoms with E-state index < -0.39 is 0 Å². The standard InChI is InChI=1S/C20H27N5O3.ClH/c1-14-12-17(15(2)28-14)19(26)23-8-10-24(11-9-23)20(27)18-5-7-25(22-18)16-4-3-6-21-13-16;/h5,7,12,16,21H,3-4,6,8-11,13H2,1-2H3;1H. The van der Waals surface area contributed by atoms with Gasteiger partial charge in [0.05, 0.1) is 11.6 Å². The Kier molecular flexibility index (Phi) is 6.64. The number of hydrogen-bond acceptors (Lipinski definition) is 5.